The van der Waals surface area contributed by atoms with Crippen molar-refractivity contribution in [2.75, 3.05) is 13.2 Å². The van der Waals surface area contributed by atoms with Gasteiger partial charge in [-0.25, -0.2) is 0 Å². The summed E-state index contributed by atoms with van der Waals surface area (Å²) in [5, 5.41) is 12.1. The Morgan fingerprint density at radius 3 is 3.00 bits per heavy atom. The molecule has 0 radical (unpaired) electrons. The molecule has 0 amide bonds. The second-order valence-electron chi connectivity index (χ2n) is 3.43. The van der Waals surface area contributed by atoms with Gasteiger partial charge in [-0.2, -0.15) is 5.26 Å². The fourth-order valence-electron chi connectivity index (χ4n) is 1.37. The first-order chi connectivity index (χ1) is 6.88. The van der Waals surface area contributed by atoms with Gasteiger partial charge < -0.3 is 10.1 Å². The van der Waals surface area contributed by atoms with Crippen LogP contribution in [0.1, 0.15) is 11.1 Å². The summed E-state index contributed by atoms with van der Waals surface area (Å²) >= 11 is 0. The van der Waals surface area contributed by atoms with Gasteiger partial charge in [0.25, 0.3) is 0 Å². The molecule has 1 heterocycles. The summed E-state index contributed by atoms with van der Waals surface area (Å²) < 4.78 is 5.05. The van der Waals surface area contributed by atoms with Gasteiger partial charge in [-0.05, 0) is 17.7 Å². The highest BCUT2D eigenvalue weighted by molar-refractivity contribution is 5.32. The quantitative estimate of drug-likeness (QED) is 0.771. The molecule has 0 saturated carbocycles. The zero-order chi connectivity index (χ0) is 9.80. The van der Waals surface area contributed by atoms with Crippen LogP contribution in [0.4, 0.5) is 0 Å². The lowest BCUT2D eigenvalue weighted by Gasteiger charge is -2.27. The molecule has 3 heteroatoms. The maximum absolute atomic E-state index is 8.71. The Morgan fingerprint density at radius 2 is 2.36 bits per heavy atom. The van der Waals surface area contributed by atoms with Gasteiger partial charge in [0.05, 0.1) is 30.9 Å². The first-order valence-electron chi connectivity index (χ1n) is 4.68. The van der Waals surface area contributed by atoms with Crippen LogP contribution in [0.15, 0.2) is 24.3 Å². The van der Waals surface area contributed by atoms with Gasteiger partial charge >= 0.3 is 0 Å². The van der Waals surface area contributed by atoms with Crippen molar-refractivity contribution in [3.63, 3.8) is 0 Å². The number of nitrogens with one attached hydrogen (secondary N) is 1. The standard InChI is InChI=1S/C11H12N2O/c12-5-9-2-1-3-10(4-9)6-13-11-7-14-8-11/h1-4,11,13H,6-8H2. The predicted molar refractivity (Wildman–Crippen MR) is 52.6 cm³/mol. The Bertz CT molecular complexity index is 353. The molecule has 1 saturated heterocycles. The molecule has 1 aliphatic heterocycles. The molecule has 1 aromatic rings. The van der Waals surface area contributed by atoms with Crippen LogP contribution in [0.5, 0.6) is 0 Å². The van der Waals surface area contributed by atoms with E-state index in [0.29, 0.717) is 11.6 Å². The van der Waals surface area contributed by atoms with Crippen LogP contribution in [0.2, 0.25) is 0 Å². The lowest BCUT2D eigenvalue weighted by atomic mass is 10.1. The molecule has 0 atom stereocenters. The summed E-state index contributed by atoms with van der Waals surface area (Å²) in [4.78, 5) is 0. The van der Waals surface area contributed by atoms with Crippen molar-refractivity contribution >= 4 is 0 Å². The SMILES string of the molecule is N#Cc1cccc(CNC2COC2)c1. The molecule has 0 bridgehead atoms. The van der Waals surface area contributed by atoms with Crippen LogP contribution in [-0.2, 0) is 11.3 Å². The van der Waals surface area contributed by atoms with E-state index in [1.54, 1.807) is 0 Å². The number of hydrogen-bond donors (Lipinski definition) is 1. The molecule has 14 heavy (non-hydrogen) atoms. The molecule has 1 aromatic carbocycles. The first-order valence-corrected chi connectivity index (χ1v) is 4.68. The Balaban J connectivity index is 1.91. The van der Waals surface area contributed by atoms with E-state index in [9.17, 15) is 0 Å². The molecule has 0 aliphatic carbocycles. The highest BCUT2D eigenvalue weighted by atomic mass is 16.5. The van der Waals surface area contributed by atoms with Gasteiger partial charge in [-0.1, -0.05) is 12.1 Å². The zero-order valence-electron chi connectivity index (χ0n) is 7.86. The van der Waals surface area contributed by atoms with Crippen LogP contribution in [0, 0.1) is 11.3 Å². The van der Waals surface area contributed by atoms with E-state index in [4.69, 9.17) is 10.00 Å². The molecular formula is C11H12N2O. The highest BCUT2D eigenvalue weighted by Crippen LogP contribution is 2.06. The Kier molecular flexibility index (Phi) is 2.78. The largest absolute Gasteiger partial charge is 0.378 e. The van der Waals surface area contributed by atoms with Crippen molar-refractivity contribution in [2.45, 2.75) is 12.6 Å². The van der Waals surface area contributed by atoms with Gasteiger partial charge in [0.15, 0.2) is 0 Å². The van der Waals surface area contributed by atoms with E-state index in [2.05, 4.69) is 11.4 Å². The van der Waals surface area contributed by atoms with Crippen molar-refractivity contribution in [1.29, 1.82) is 5.26 Å². The first kappa shape index (κ1) is 9.20. The second kappa shape index (κ2) is 4.23. The minimum absolute atomic E-state index is 0.487. The third-order valence-corrected chi connectivity index (χ3v) is 2.29. The van der Waals surface area contributed by atoms with Gasteiger partial charge in [-0.3, -0.25) is 0 Å². The highest BCUT2D eigenvalue weighted by Gasteiger charge is 2.16. The minimum atomic E-state index is 0.487. The summed E-state index contributed by atoms with van der Waals surface area (Å²) in [6.45, 7) is 2.42. The predicted octanol–water partition coefficient (Wildman–Crippen LogP) is 1.05. The Labute approximate surface area is 83.3 Å². The third-order valence-electron chi connectivity index (χ3n) is 2.29. The van der Waals surface area contributed by atoms with Crippen LogP contribution in [0.3, 0.4) is 0 Å². The van der Waals surface area contributed by atoms with Gasteiger partial charge in [0.2, 0.25) is 0 Å². The summed E-state index contributed by atoms with van der Waals surface area (Å²) in [5.41, 5.74) is 1.87. The van der Waals surface area contributed by atoms with Crippen molar-refractivity contribution in [3.05, 3.63) is 35.4 Å². The van der Waals surface area contributed by atoms with E-state index in [1.165, 1.54) is 0 Å². The van der Waals surface area contributed by atoms with Gasteiger partial charge in [0, 0.05) is 6.54 Å². The fourth-order valence-corrected chi connectivity index (χ4v) is 1.37. The van der Waals surface area contributed by atoms with E-state index in [1.807, 2.05) is 24.3 Å². The fraction of sp³-hybridized carbons (Fsp3) is 0.364. The number of hydrogen-bond acceptors (Lipinski definition) is 3. The van der Waals surface area contributed by atoms with E-state index >= 15 is 0 Å². The molecule has 1 aliphatic rings. The topological polar surface area (TPSA) is 45.0 Å². The molecule has 0 spiro atoms. The average Bonchev–Trinajstić information content (AvgIpc) is 2.16. The minimum Gasteiger partial charge on any atom is -0.378 e. The molecule has 1 N–H and O–H groups in total. The third kappa shape index (κ3) is 2.11. The normalized spacial score (nSPS) is 15.9. The number of benzene rings is 1. The molecule has 3 nitrogen and oxygen atoms in total. The van der Waals surface area contributed by atoms with Crippen LogP contribution in [0.25, 0.3) is 0 Å². The zero-order valence-corrected chi connectivity index (χ0v) is 7.86. The van der Waals surface area contributed by atoms with Gasteiger partial charge in [-0.15, -0.1) is 0 Å². The molecule has 0 aromatic heterocycles. The maximum Gasteiger partial charge on any atom is 0.0991 e. The number of nitriles is 1. The Hall–Kier alpha value is -1.37. The molecule has 2 rings (SSSR count). The molecule has 0 unspecified atom stereocenters. The summed E-state index contributed by atoms with van der Waals surface area (Å²) in [6, 6.07) is 10.3. The van der Waals surface area contributed by atoms with Gasteiger partial charge in [0.1, 0.15) is 0 Å². The molecular weight excluding hydrogens is 176 g/mol. The lowest BCUT2D eigenvalue weighted by Crippen LogP contribution is -2.45. The average molecular weight is 188 g/mol. The summed E-state index contributed by atoms with van der Waals surface area (Å²) in [7, 11) is 0. The molecule has 72 valence electrons. The maximum atomic E-state index is 8.71. The van der Waals surface area contributed by atoms with Crippen LogP contribution >= 0.6 is 0 Å². The number of nitrogens with zero attached hydrogens (tertiary/aromatic N) is 1. The summed E-state index contributed by atoms with van der Waals surface area (Å²) in [5.74, 6) is 0. The molecule has 1 fully saturated rings. The van der Waals surface area contributed by atoms with Crippen molar-refractivity contribution in [1.82, 2.24) is 5.32 Å². The van der Waals surface area contributed by atoms with E-state index in [0.717, 1.165) is 25.3 Å². The van der Waals surface area contributed by atoms with E-state index in [-0.39, 0.29) is 0 Å². The van der Waals surface area contributed by atoms with Crippen LogP contribution in [-0.4, -0.2) is 19.3 Å². The van der Waals surface area contributed by atoms with Crippen molar-refractivity contribution in [2.24, 2.45) is 0 Å². The monoisotopic (exact) mass is 188 g/mol. The van der Waals surface area contributed by atoms with Crippen molar-refractivity contribution in [3.8, 4) is 6.07 Å². The lowest BCUT2D eigenvalue weighted by molar-refractivity contribution is -0.00578. The van der Waals surface area contributed by atoms with E-state index < -0.39 is 0 Å². The van der Waals surface area contributed by atoms with Crippen molar-refractivity contribution < 1.29 is 4.74 Å². The van der Waals surface area contributed by atoms with Crippen LogP contribution < -0.4 is 5.32 Å². The number of ether oxygens (including phenoxy) is 1. The summed E-state index contributed by atoms with van der Waals surface area (Å²) in [6.07, 6.45) is 0. The Morgan fingerprint density at radius 1 is 1.50 bits per heavy atom. The second-order valence-corrected chi connectivity index (χ2v) is 3.43. The number of rotatable bonds is 3. The smallest absolute Gasteiger partial charge is 0.0991 e.